The van der Waals surface area contributed by atoms with Crippen LogP contribution in [0.4, 0.5) is 0 Å². The van der Waals surface area contributed by atoms with Crippen LogP contribution in [0, 0.1) is 0 Å². The first kappa shape index (κ1) is 12.1. The summed E-state index contributed by atoms with van der Waals surface area (Å²) in [7, 11) is 2.37. The van der Waals surface area contributed by atoms with Gasteiger partial charge in [-0.05, 0) is 6.42 Å². The van der Waals surface area contributed by atoms with Crippen molar-refractivity contribution in [3.05, 3.63) is 0 Å². The summed E-state index contributed by atoms with van der Waals surface area (Å²) in [6.07, 6.45) is 0.908. The number of nitrogens with two attached hydrogens (primary N) is 1. The van der Waals surface area contributed by atoms with Crippen LogP contribution < -0.4 is 5.73 Å². The fourth-order valence-corrected chi connectivity index (χ4v) is 2.90. The molecule has 0 radical (unpaired) electrons. The van der Waals surface area contributed by atoms with Gasteiger partial charge in [-0.2, -0.15) is 0 Å². The van der Waals surface area contributed by atoms with Gasteiger partial charge in [0.05, 0.1) is 0 Å². The molecule has 0 fully saturated rings. The van der Waals surface area contributed by atoms with Crippen molar-refractivity contribution in [3.8, 4) is 0 Å². The largest absolute Gasteiger partial charge is 0.501 e. The van der Waals surface area contributed by atoms with E-state index < -0.39 is 8.80 Å². The molecule has 0 aromatic heterocycles. The van der Waals surface area contributed by atoms with E-state index in [1.54, 1.807) is 21.3 Å². The Bertz CT molecular complexity index is 111. The highest BCUT2D eigenvalue weighted by atomic mass is 28.4. The lowest BCUT2D eigenvalue weighted by Gasteiger charge is -2.26. The predicted molar refractivity (Wildman–Crippen MR) is 49.9 cm³/mol. The van der Waals surface area contributed by atoms with Gasteiger partial charge in [0.2, 0.25) is 0 Å². The Morgan fingerprint density at radius 2 is 1.58 bits per heavy atom. The van der Waals surface area contributed by atoms with Crippen LogP contribution in [0.5, 0.6) is 0 Å². The maximum Gasteiger partial charge on any atom is 0.501 e. The van der Waals surface area contributed by atoms with Crippen LogP contribution in [0.3, 0.4) is 0 Å². The van der Waals surface area contributed by atoms with Gasteiger partial charge in [0.1, 0.15) is 0 Å². The second-order valence-electron chi connectivity index (χ2n) is 2.67. The third-order valence-electron chi connectivity index (χ3n) is 1.97. The minimum absolute atomic E-state index is 0.0940. The summed E-state index contributed by atoms with van der Waals surface area (Å²) in [6.45, 7) is 2.03. The molecule has 74 valence electrons. The van der Waals surface area contributed by atoms with E-state index in [0.717, 1.165) is 6.42 Å². The Balaban J connectivity index is 4.09. The lowest BCUT2D eigenvalue weighted by Crippen LogP contribution is -2.47. The van der Waals surface area contributed by atoms with E-state index in [2.05, 4.69) is 0 Å². The first-order chi connectivity index (χ1) is 5.64. The Kier molecular flexibility index (Phi) is 5.69. The minimum Gasteiger partial charge on any atom is -0.377 e. The second kappa shape index (κ2) is 5.66. The van der Waals surface area contributed by atoms with Crippen molar-refractivity contribution in [2.45, 2.75) is 25.4 Å². The van der Waals surface area contributed by atoms with Crippen molar-refractivity contribution in [2.24, 2.45) is 5.73 Å². The molecular weight excluding hydrogens is 174 g/mol. The highest BCUT2D eigenvalue weighted by Crippen LogP contribution is 2.15. The molecule has 0 amide bonds. The topological polar surface area (TPSA) is 53.7 Å². The standard InChI is InChI=1S/C7H19NO3Si/c1-5-7(8)6-12(9-2,10-3)11-4/h7H,5-6,8H2,1-4H3. The first-order valence-electron chi connectivity index (χ1n) is 4.05. The molecule has 0 aliphatic carbocycles. The van der Waals surface area contributed by atoms with Crippen LogP contribution in [-0.4, -0.2) is 36.2 Å². The van der Waals surface area contributed by atoms with Gasteiger partial charge in [-0.1, -0.05) is 6.92 Å². The highest BCUT2D eigenvalue weighted by molar-refractivity contribution is 6.60. The van der Waals surface area contributed by atoms with Gasteiger partial charge in [-0.3, -0.25) is 0 Å². The Hall–Kier alpha value is 0.0569. The maximum absolute atomic E-state index is 5.78. The molecule has 12 heavy (non-hydrogen) atoms. The molecule has 0 aliphatic rings. The van der Waals surface area contributed by atoms with Gasteiger partial charge in [-0.15, -0.1) is 0 Å². The molecule has 1 unspecified atom stereocenters. The van der Waals surface area contributed by atoms with E-state index in [-0.39, 0.29) is 6.04 Å². The van der Waals surface area contributed by atoms with Crippen molar-refractivity contribution in [3.63, 3.8) is 0 Å². The van der Waals surface area contributed by atoms with Gasteiger partial charge in [0, 0.05) is 33.4 Å². The van der Waals surface area contributed by atoms with Crippen molar-refractivity contribution < 1.29 is 13.3 Å². The summed E-state index contributed by atoms with van der Waals surface area (Å²) < 4.78 is 15.7. The molecule has 1 atom stereocenters. The average molecular weight is 193 g/mol. The van der Waals surface area contributed by atoms with Crippen molar-refractivity contribution in [1.82, 2.24) is 0 Å². The van der Waals surface area contributed by atoms with E-state index in [9.17, 15) is 0 Å². The monoisotopic (exact) mass is 193 g/mol. The van der Waals surface area contributed by atoms with Crippen molar-refractivity contribution in [2.75, 3.05) is 21.3 Å². The third-order valence-corrected chi connectivity index (χ3v) is 4.86. The molecule has 0 aromatic carbocycles. The first-order valence-corrected chi connectivity index (χ1v) is 5.98. The van der Waals surface area contributed by atoms with Gasteiger partial charge in [-0.25, -0.2) is 0 Å². The molecule has 0 aromatic rings. The van der Waals surface area contributed by atoms with Crippen molar-refractivity contribution in [1.29, 1.82) is 0 Å². The fraction of sp³-hybridized carbons (Fsp3) is 1.00. The summed E-state index contributed by atoms with van der Waals surface area (Å²) in [5, 5.41) is 0. The molecule has 0 heterocycles. The molecular formula is C7H19NO3Si. The van der Waals surface area contributed by atoms with E-state index in [1.807, 2.05) is 6.92 Å². The van der Waals surface area contributed by atoms with Gasteiger partial charge < -0.3 is 19.0 Å². The quantitative estimate of drug-likeness (QED) is 0.628. The zero-order valence-electron chi connectivity index (χ0n) is 8.29. The summed E-state index contributed by atoms with van der Waals surface area (Å²) in [5.74, 6) is 0. The zero-order chi connectivity index (χ0) is 9.61. The lowest BCUT2D eigenvalue weighted by molar-refractivity contribution is 0.121. The van der Waals surface area contributed by atoms with E-state index in [0.29, 0.717) is 6.04 Å². The average Bonchev–Trinajstić information content (AvgIpc) is 2.14. The molecule has 4 nitrogen and oxygen atoms in total. The smallest absolute Gasteiger partial charge is 0.377 e. The summed E-state index contributed by atoms with van der Waals surface area (Å²) >= 11 is 0. The van der Waals surface area contributed by atoms with Crippen molar-refractivity contribution >= 4 is 8.80 Å². The van der Waals surface area contributed by atoms with E-state index in [1.165, 1.54) is 0 Å². The van der Waals surface area contributed by atoms with E-state index in [4.69, 9.17) is 19.0 Å². The third kappa shape index (κ3) is 3.20. The van der Waals surface area contributed by atoms with Crippen LogP contribution in [0.1, 0.15) is 13.3 Å². The molecule has 0 saturated carbocycles. The highest BCUT2D eigenvalue weighted by Gasteiger charge is 2.39. The predicted octanol–water partition coefficient (Wildman–Crippen LogP) is 0.602. The molecule has 0 saturated heterocycles. The Morgan fingerprint density at radius 1 is 1.17 bits per heavy atom. The number of hydrogen-bond acceptors (Lipinski definition) is 4. The van der Waals surface area contributed by atoms with E-state index >= 15 is 0 Å². The van der Waals surface area contributed by atoms with Gasteiger partial charge in [0.15, 0.2) is 0 Å². The summed E-state index contributed by atoms with van der Waals surface area (Å²) in [6, 6.07) is 0.768. The Labute approximate surface area is 75.4 Å². The normalized spacial score (nSPS) is 14.8. The molecule has 0 bridgehead atoms. The maximum atomic E-state index is 5.78. The summed E-state index contributed by atoms with van der Waals surface area (Å²) in [4.78, 5) is 0. The lowest BCUT2D eigenvalue weighted by atomic mass is 10.3. The SMILES string of the molecule is CCC(N)C[Si](OC)(OC)OC. The molecule has 0 spiro atoms. The van der Waals surface area contributed by atoms with Crippen LogP contribution in [-0.2, 0) is 13.3 Å². The minimum atomic E-state index is -2.43. The van der Waals surface area contributed by atoms with Crippen LogP contribution in [0.25, 0.3) is 0 Å². The summed E-state index contributed by atoms with van der Waals surface area (Å²) in [5.41, 5.74) is 5.78. The molecule has 2 N–H and O–H groups in total. The fourth-order valence-electron chi connectivity index (χ4n) is 0.965. The number of hydrogen-bond donors (Lipinski definition) is 1. The molecule has 0 rings (SSSR count). The second-order valence-corrected chi connectivity index (χ2v) is 5.67. The van der Waals surface area contributed by atoms with Crippen LogP contribution in [0.2, 0.25) is 6.04 Å². The van der Waals surface area contributed by atoms with Crippen LogP contribution in [0.15, 0.2) is 0 Å². The Morgan fingerprint density at radius 3 is 1.83 bits per heavy atom. The molecule has 5 heteroatoms. The van der Waals surface area contributed by atoms with Crippen LogP contribution >= 0.6 is 0 Å². The van der Waals surface area contributed by atoms with Gasteiger partial charge in [0.25, 0.3) is 0 Å². The molecule has 0 aliphatic heterocycles. The number of rotatable bonds is 6. The zero-order valence-corrected chi connectivity index (χ0v) is 9.29. The van der Waals surface area contributed by atoms with Gasteiger partial charge >= 0.3 is 8.80 Å².